The summed E-state index contributed by atoms with van der Waals surface area (Å²) in [4.78, 5) is -0.127. The van der Waals surface area contributed by atoms with Crippen LogP contribution in [0.1, 0.15) is 109 Å². The molecule has 0 aliphatic carbocycles. The maximum absolute atomic E-state index is 11.5. The van der Waals surface area contributed by atoms with Crippen LogP contribution in [0.25, 0.3) is 0 Å². The van der Waals surface area contributed by atoms with E-state index in [1.165, 1.54) is 95.2 Å². The van der Waals surface area contributed by atoms with E-state index in [4.69, 9.17) is 0 Å². The Bertz CT molecular complexity index is 632. The van der Waals surface area contributed by atoms with Crippen LogP contribution >= 0.6 is 0 Å². The molecule has 6 heteroatoms. The fourth-order valence-electron chi connectivity index (χ4n) is 3.69. The van der Waals surface area contributed by atoms with Gasteiger partial charge in [0.05, 0.1) is 4.90 Å². The quantitative estimate of drug-likeness (QED) is 0.231. The molecule has 1 rings (SSSR count). The second kappa shape index (κ2) is 17.6. The summed E-state index contributed by atoms with van der Waals surface area (Å²) < 4.78 is 32.0. The molecule has 0 saturated carbocycles. The van der Waals surface area contributed by atoms with Gasteiger partial charge in [-0.1, -0.05) is 109 Å². The maximum atomic E-state index is 11.5. The summed E-state index contributed by atoms with van der Waals surface area (Å²) in [7, 11) is -4.26. The second-order valence-electron chi connectivity index (χ2n) is 7.94. The van der Waals surface area contributed by atoms with Crippen LogP contribution in [0.2, 0.25) is 0 Å². The zero-order chi connectivity index (χ0) is 20.7. The first-order valence-corrected chi connectivity index (χ1v) is 12.7. The summed E-state index contributed by atoms with van der Waals surface area (Å²) in [6, 6.07) is 3.71. The summed E-state index contributed by atoms with van der Waals surface area (Å²) in [5, 5.41) is 11.5. The molecular formula is C23H39NaO4S. The first kappa shape index (κ1) is 28.9. The molecule has 162 valence electrons. The van der Waals surface area contributed by atoms with Crippen LogP contribution in [0, 0.1) is 0 Å². The minimum atomic E-state index is -4.26. The van der Waals surface area contributed by atoms with Crippen molar-refractivity contribution < 1.29 is 47.6 Å². The monoisotopic (exact) mass is 434 g/mol. The van der Waals surface area contributed by atoms with Crippen LogP contribution in [0.5, 0.6) is 5.75 Å². The zero-order valence-corrected chi connectivity index (χ0v) is 21.4. The Morgan fingerprint density at radius 2 is 1.17 bits per heavy atom. The average molecular weight is 435 g/mol. The molecule has 0 saturated heterocycles. The largest absolute Gasteiger partial charge is 1.00 e. The van der Waals surface area contributed by atoms with Crippen molar-refractivity contribution in [2.24, 2.45) is 0 Å². The van der Waals surface area contributed by atoms with Gasteiger partial charge in [-0.15, -0.1) is 5.75 Å². The Balaban J connectivity index is 0.00000784. The van der Waals surface area contributed by atoms with Gasteiger partial charge in [-0.25, -0.2) is 0 Å². The van der Waals surface area contributed by atoms with Gasteiger partial charge < -0.3 is 5.11 Å². The first-order valence-electron chi connectivity index (χ1n) is 11.2. The smallest absolute Gasteiger partial charge is 0.872 e. The van der Waals surface area contributed by atoms with Crippen LogP contribution < -0.4 is 34.7 Å². The molecule has 0 aliphatic rings. The number of benzene rings is 1. The van der Waals surface area contributed by atoms with Crippen molar-refractivity contribution in [3.05, 3.63) is 23.8 Å². The molecule has 1 N–H and O–H groups in total. The minimum Gasteiger partial charge on any atom is -0.872 e. The number of unbranched alkanes of at least 4 members (excludes halogenated alkanes) is 14. The molecular weight excluding hydrogens is 395 g/mol. The van der Waals surface area contributed by atoms with Gasteiger partial charge >= 0.3 is 29.6 Å². The standard InChI is InChI=1S/C23H40O4S.Na/c1-2-3-4-5-6-7-8-9-10-11-12-13-14-15-16-17-21-20-22(24)18-19-23(21)28(25,26)27;/h18-20,24H,2-17H2,1H3,(H,25,26,27);/q;+1/p-1. The minimum absolute atomic E-state index is 0. The van der Waals surface area contributed by atoms with Gasteiger partial charge in [0, 0.05) is 0 Å². The predicted octanol–water partition coefficient (Wildman–Crippen LogP) is 3.42. The Kier molecular flexibility index (Phi) is 17.6. The summed E-state index contributed by atoms with van der Waals surface area (Å²) >= 11 is 0. The normalized spacial score (nSPS) is 11.4. The topological polar surface area (TPSA) is 77.4 Å². The van der Waals surface area contributed by atoms with Crippen molar-refractivity contribution in [1.29, 1.82) is 0 Å². The Morgan fingerprint density at radius 3 is 1.59 bits per heavy atom. The van der Waals surface area contributed by atoms with Crippen molar-refractivity contribution in [3.63, 3.8) is 0 Å². The average Bonchev–Trinajstić information content (AvgIpc) is 2.64. The van der Waals surface area contributed by atoms with E-state index >= 15 is 0 Å². The maximum Gasteiger partial charge on any atom is 1.00 e. The summed E-state index contributed by atoms with van der Waals surface area (Å²) in [6.07, 6.45) is 19.7. The molecule has 0 bridgehead atoms. The van der Waals surface area contributed by atoms with Crippen LogP contribution in [-0.2, 0) is 16.5 Å². The van der Waals surface area contributed by atoms with Crippen LogP contribution in [-0.4, -0.2) is 13.0 Å². The third kappa shape index (κ3) is 14.5. The van der Waals surface area contributed by atoms with Gasteiger partial charge in [-0.05, 0) is 24.5 Å². The van der Waals surface area contributed by atoms with E-state index in [1.54, 1.807) is 0 Å². The van der Waals surface area contributed by atoms with Crippen molar-refractivity contribution in [2.75, 3.05) is 0 Å². The van der Waals surface area contributed by atoms with Crippen molar-refractivity contribution in [3.8, 4) is 5.75 Å². The molecule has 0 amide bonds. The van der Waals surface area contributed by atoms with E-state index in [2.05, 4.69) is 6.92 Å². The molecule has 0 spiro atoms. The molecule has 1 aromatic carbocycles. The third-order valence-electron chi connectivity index (χ3n) is 5.36. The van der Waals surface area contributed by atoms with E-state index < -0.39 is 10.1 Å². The molecule has 0 heterocycles. The number of rotatable bonds is 17. The predicted molar refractivity (Wildman–Crippen MR) is 114 cm³/mol. The molecule has 0 fully saturated rings. The Morgan fingerprint density at radius 1 is 0.759 bits per heavy atom. The molecule has 0 aliphatic heterocycles. The van der Waals surface area contributed by atoms with Gasteiger partial charge in [0.25, 0.3) is 10.1 Å². The van der Waals surface area contributed by atoms with E-state index in [0.717, 1.165) is 19.3 Å². The third-order valence-corrected chi connectivity index (χ3v) is 6.31. The van der Waals surface area contributed by atoms with Crippen LogP contribution in [0.3, 0.4) is 0 Å². The van der Waals surface area contributed by atoms with E-state index in [1.807, 2.05) is 0 Å². The van der Waals surface area contributed by atoms with Gasteiger partial charge in [-0.3, -0.25) is 4.55 Å². The summed E-state index contributed by atoms with van der Waals surface area (Å²) in [5.41, 5.74) is 0.435. The zero-order valence-electron chi connectivity index (χ0n) is 18.6. The van der Waals surface area contributed by atoms with Gasteiger partial charge in [0.15, 0.2) is 0 Å². The number of hydrogen-bond donors (Lipinski definition) is 1. The van der Waals surface area contributed by atoms with Crippen LogP contribution in [0.4, 0.5) is 0 Å². The molecule has 29 heavy (non-hydrogen) atoms. The van der Waals surface area contributed by atoms with Crippen molar-refractivity contribution in [1.82, 2.24) is 0 Å². The first-order chi connectivity index (χ1) is 13.4. The summed E-state index contributed by atoms with van der Waals surface area (Å²) in [5.74, 6) is -0.219. The van der Waals surface area contributed by atoms with Crippen LogP contribution in [0.15, 0.2) is 23.1 Å². The van der Waals surface area contributed by atoms with Gasteiger partial charge in [0.2, 0.25) is 0 Å². The Labute approximate surface area is 200 Å². The van der Waals surface area contributed by atoms with Crippen molar-refractivity contribution in [2.45, 2.75) is 115 Å². The fraction of sp³-hybridized carbons (Fsp3) is 0.739. The van der Waals surface area contributed by atoms with E-state index in [0.29, 0.717) is 12.0 Å². The van der Waals surface area contributed by atoms with E-state index in [9.17, 15) is 18.1 Å². The molecule has 0 radical (unpaired) electrons. The molecule has 4 nitrogen and oxygen atoms in total. The Hall–Kier alpha value is -0.0700. The van der Waals surface area contributed by atoms with Gasteiger partial charge in [0.1, 0.15) is 0 Å². The molecule has 0 aromatic heterocycles. The number of aryl methyl sites for hydroxylation is 1. The molecule has 1 aromatic rings. The van der Waals surface area contributed by atoms with E-state index in [-0.39, 0.29) is 40.2 Å². The number of hydrogen-bond acceptors (Lipinski definition) is 3. The van der Waals surface area contributed by atoms with Crippen molar-refractivity contribution >= 4 is 10.1 Å². The van der Waals surface area contributed by atoms with Gasteiger partial charge in [-0.2, -0.15) is 8.42 Å². The molecule has 0 unspecified atom stereocenters. The SMILES string of the molecule is CCCCCCCCCCCCCCCCCc1cc([O-])ccc1S(=O)(=O)O.[Na+]. The molecule has 0 atom stereocenters. The summed E-state index contributed by atoms with van der Waals surface area (Å²) in [6.45, 7) is 2.26. The fourth-order valence-corrected chi connectivity index (χ4v) is 4.42. The second-order valence-corrected chi connectivity index (χ2v) is 9.33.